The second kappa shape index (κ2) is 4.24. The summed E-state index contributed by atoms with van der Waals surface area (Å²) in [7, 11) is 0. The van der Waals surface area contributed by atoms with Gasteiger partial charge in [0.05, 0.1) is 12.2 Å². The molecule has 0 aromatic heterocycles. The highest BCUT2D eigenvalue weighted by atomic mass is 16.3. The molecule has 0 amide bonds. The van der Waals surface area contributed by atoms with Crippen LogP contribution in [0.5, 0.6) is 0 Å². The van der Waals surface area contributed by atoms with E-state index in [0.717, 1.165) is 25.7 Å². The van der Waals surface area contributed by atoms with E-state index in [1.165, 1.54) is 0 Å². The van der Waals surface area contributed by atoms with Gasteiger partial charge in [-0.05, 0) is 18.8 Å². The monoisotopic (exact) mass is 172 g/mol. The SMILES string of the molecule is CCC(O)C1C(C)CCCC1O. The van der Waals surface area contributed by atoms with E-state index in [4.69, 9.17) is 0 Å². The quantitative estimate of drug-likeness (QED) is 0.663. The number of hydrogen-bond acceptors (Lipinski definition) is 2. The Morgan fingerprint density at radius 1 is 1.42 bits per heavy atom. The standard InChI is InChI=1S/C10H20O2/c1-3-8(11)10-7(2)5-4-6-9(10)12/h7-12H,3-6H2,1-2H3. The molecule has 0 radical (unpaired) electrons. The van der Waals surface area contributed by atoms with E-state index in [0.29, 0.717) is 5.92 Å². The van der Waals surface area contributed by atoms with Crippen molar-refractivity contribution in [1.29, 1.82) is 0 Å². The molecule has 1 fully saturated rings. The van der Waals surface area contributed by atoms with Crippen molar-refractivity contribution in [3.63, 3.8) is 0 Å². The zero-order valence-corrected chi connectivity index (χ0v) is 8.03. The molecule has 1 saturated carbocycles. The maximum absolute atomic E-state index is 9.68. The zero-order valence-electron chi connectivity index (χ0n) is 8.03. The Morgan fingerprint density at radius 3 is 2.58 bits per heavy atom. The fourth-order valence-electron chi connectivity index (χ4n) is 2.32. The van der Waals surface area contributed by atoms with Crippen molar-refractivity contribution in [3.8, 4) is 0 Å². The van der Waals surface area contributed by atoms with Gasteiger partial charge in [-0.2, -0.15) is 0 Å². The summed E-state index contributed by atoms with van der Waals surface area (Å²) in [5.74, 6) is 0.590. The lowest BCUT2D eigenvalue weighted by molar-refractivity contribution is -0.0404. The molecule has 0 bridgehead atoms. The van der Waals surface area contributed by atoms with Crippen molar-refractivity contribution < 1.29 is 10.2 Å². The first-order valence-electron chi connectivity index (χ1n) is 5.03. The van der Waals surface area contributed by atoms with Gasteiger partial charge in [-0.15, -0.1) is 0 Å². The van der Waals surface area contributed by atoms with Crippen molar-refractivity contribution in [2.45, 2.75) is 51.7 Å². The summed E-state index contributed by atoms with van der Waals surface area (Å²) in [6.45, 7) is 4.10. The molecule has 12 heavy (non-hydrogen) atoms. The molecule has 0 aromatic carbocycles. The van der Waals surface area contributed by atoms with Crippen molar-refractivity contribution in [2.24, 2.45) is 11.8 Å². The lowest BCUT2D eigenvalue weighted by atomic mass is 9.75. The van der Waals surface area contributed by atoms with Gasteiger partial charge in [0.1, 0.15) is 0 Å². The highest BCUT2D eigenvalue weighted by Gasteiger charge is 2.33. The Balaban J connectivity index is 2.56. The molecule has 0 spiro atoms. The van der Waals surface area contributed by atoms with E-state index in [1.807, 2.05) is 6.92 Å². The summed E-state index contributed by atoms with van der Waals surface area (Å²) >= 11 is 0. The molecule has 0 saturated heterocycles. The van der Waals surface area contributed by atoms with E-state index < -0.39 is 0 Å². The smallest absolute Gasteiger partial charge is 0.0595 e. The minimum atomic E-state index is -0.310. The average molecular weight is 172 g/mol. The van der Waals surface area contributed by atoms with Crippen LogP contribution >= 0.6 is 0 Å². The molecule has 0 heterocycles. The Labute approximate surface area is 74.6 Å². The fraction of sp³-hybridized carbons (Fsp3) is 1.00. The van der Waals surface area contributed by atoms with Crippen LogP contribution in [0.15, 0.2) is 0 Å². The molecule has 4 unspecified atom stereocenters. The van der Waals surface area contributed by atoms with E-state index in [-0.39, 0.29) is 18.1 Å². The molecule has 0 aliphatic heterocycles. The Kier molecular flexibility index (Phi) is 3.53. The molecular weight excluding hydrogens is 152 g/mol. The summed E-state index contributed by atoms with van der Waals surface area (Å²) < 4.78 is 0. The summed E-state index contributed by atoms with van der Waals surface area (Å²) in [5, 5.41) is 19.3. The van der Waals surface area contributed by atoms with Crippen LogP contribution in [0, 0.1) is 11.8 Å². The molecule has 1 aliphatic rings. The van der Waals surface area contributed by atoms with Crippen LogP contribution in [0.2, 0.25) is 0 Å². The molecule has 2 heteroatoms. The summed E-state index contributed by atoms with van der Waals surface area (Å²) in [6.07, 6.45) is 3.30. The summed E-state index contributed by atoms with van der Waals surface area (Å²) in [6, 6.07) is 0. The van der Waals surface area contributed by atoms with Crippen LogP contribution < -0.4 is 0 Å². The first-order valence-corrected chi connectivity index (χ1v) is 5.03. The maximum Gasteiger partial charge on any atom is 0.0595 e. The minimum absolute atomic E-state index is 0.115. The van der Waals surface area contributed by atoms with Crippen LogP contribution in [0.25, 0.3) is 0 Å². The number of rotatable bonds is 2. The normalized spacial score (nSPS) is 39.5. The van der Waals surface area contributed by atoms with Gasteiger partial charge in [0.25, 0.3) is 0 Å². The lowest BCUT2D eigenvalue weighted by Crippen LogP contribution is -2.39. The van der Waals surface area contributed by atoms with E-state index in [1.54, 1.807) is 0 Å². The third-order valence-electron chi connectivity index (χ3n) is 3.12. The fourth-order valence-corrected chi connectivity index (χ4v) is 2.32. The van der Waals surface area contributed by atoms with Crippen LogP contribution in [-0.4, -0.2) is 22.4 Å². The van der Waals surface area contributed by atoms with Gasteiger partial charge in [-0.25, -0.2) is 0 Å². The number of aliphatic hydroxyl groups is 2. The van der Waals surface area contributed by atoms with Crippen LogP contribution in [0.1, 0.15) is 39.5 Å². The van der Waals surface area contributed by atoms with E-state index >= 15 is 0 Å². The molecule has 4 atom stereocenters. The maximum atomic E-state index is 9.68. The molecular formula is C10H20O2. The van der Waals surface area contributed by atoms with Gasteiger partial charge >= 0.3 is 0 Å². The Hall–Kier alpha value is -0.0800. The highest BCUT2D eigenvalue weighted by molar-refractivity contribution is 4.83. The molecule has 1 rings (SSSR count). The van der Waals surface area contributed by atoms with Gasteiger partial charge in [-0.1, -0.05) is 26.7 Å². The van der Waals surface area contributed by atoms with E-state index in [9.17, 15) is 10.2 Å². The second-order valence-electron chi connectivity index (χ2n) is 4.03. The van der Waals surface area contributed by atoms with Gasteiger partial charge in [-0.3, -0.25) is 0 Å². The molecule has 1 aliphatic carbocycles. The predicted octanol–water partition coefficient (Wildman–Crippen LogP) is 1.55. The first-order chi connectivity index (χ1) is 5.66. The average Bonchev–Trinajstić information content (AvgIpc) is 2.03. The largest absolute Gasteiger partial charge is 0.393 e. The van der Waals surface area contributed by atoms with E-state index in [2.05, 4.69) is 6.92 Å². The molecule has 2 N–H and O–H groups in total. The zero-order chi connectivity index (χ0) is 9.14. The van der Waals surface area contributed by atoms with Crippen molar-refractivity contribution in [3.05, 3.63) is 0 Å². The van der Waals surface area contributed by atoms with Gasteiger partial charge < -0.3 is 10.2 Å². The van der Waals surface area contributed by atoms with Gasteiger partial charge in [0.15, 0.2) is 0 Å². The first kappa shape index (κ1) is 10.0. The third-order valence-corrected chi connectivity index (χ3v) is 3.12. The summed E-state index contributed by atoms with van der Waals surface area (Å²) in [5.41, 5.74) is 0. The number of hydrogen-bond donors (Lipinski definition) is 2. The third kappa shape index (κ3) is 1.99. The van der Waals surface area contributed by atoms with Crippen molar-refractivity contribution in [2.75, 3.05) is 0 Å². The Morgan fingerprint density at radius 2 is 2.08 bits per heavy atom. The second-order valence-corrected chi connectivity index (χ2v) is 4.03. The van der Waals surface area contributed by atoms with Crippen molar-refractivity contribution in [1.82, 2.24) is 0 Å². The van der Waals surface area contributed by atoms with Gasteiger partial charge in [0.2, 0.25) is 0 Å². The van der Waals surface area contributed by atoms with Crippen molar-refractivity contribution >= 4 is 0 Å². The summed E-state index contributed by atoms with van der Waals surface area (Å²) in [4.78, 5) is 0. The van der Waals surface area contributed by atoms with Crippen LogP contribution in [0.4, 0.5) is 0 Å². The molecule has 2 nitrogen and oxygen atoms in total. The van der Waals surface area contributed by atoms with Crippen LogP contribution in [0.3, 0.4) is 0 Å². The topological polar surface area (TPSA) is 40.5 Å². The van der Waals surface area contributed by atoms with Gasteiger partial charge in [0, 0.05) is 5.92 Å². The Bertz CT molecular complexity index is 120. The van der Waals surface area contributed by atoms with Crippen LogP contribution in [-0.2, 0) is 0 Å². The predicted molar refractivity (Wildman–Crippen MR) is 48.8 cm³/mol. The minimum Gasteiger partial charge on any atom is -0.393 e. The highest BCUT2D eigenvalue weighted by Crippen LogP contribution is 2.33. The lowest BCUT2D eigenvalue weighted by Gasteiger charge is -2.36. The number of aliphatic hydroxyl groups excluding tert-OH is 2. The molecule has 72 valence electrons. The molecule has 0 aromatic rings.